The van der Waals surface area contributed by atoms with E-state index in [1.165, 1.54) is 24.3 Å². The van der Waals surface area contributed by atoms with Crippen LogP contribution in [0.1, 0.15) is 18.7 Å². The standard InChI is InChI=1S/C20H18F3N5O/c21-12-5-7-13(8-6-12)24-20(29)25-14-9-10-28(11-14)19-15-3-1-2-4-16(15)26-18(27-19)17(22)23/h1-8,14,17H,9-11H2,(H2,24,25,29). The predicted octanol–water partition coefficient (Wildman–Crippen LogP) is 4.11. The minimum absolute atomic E-state index is 0.181. The van der Waals surface area contributed by atoms with E-state index in [2.05, 4.69) is 20.6 Å². The highest BCUT2D eigenvalue weighted by molar-refractivity contribution is 5.91. The van der Waals surface area contributed by atoms with Crippen molar-refractivity contribution in [3.8, 4) is 0 Å². The second-order valence-corrected chi connectivity index (χ2v) is 6.76. The number of carbonyl (C=O) groups excluding carboxylic acids is 1. The van der Waals surface area contributed by atoms with Gasteiger partial charge in [-0.25, -0.2) is 27.9 Å². The molecular formula is C20H18F3N5O. The molecule has 0 bridgehead atoms. The molecule has 1 unspecified atom stereocenters. The number of alkyl halides is 2. The molecule has 4 rings (SSSR count). The largest absolute Gasteiger partial charge is 0.354 e. The Hall–Kier alpha value is -3.36. The zero-order valence-electron chi connectivity index (χ0n) is 15.3. The van der Waals surface area contributed by atoms with Gasteiger partial charge in [0.05, 0.1) is 5.52 Å². The Morgan fingerprint density at radius 2 is 1.86 bits per heavy atom. The highest BCUT2D eigenvalue weighted by atomic mass is 19.3. The topological polar surface area (TPSA) is 70.2 Å². The first-order chi connectivity index (χ1) is 14.0. The molecule has 0 spiro atoms. The van der Waals surface area contributed by atoms with Crippen LogP contribution in [0.15, 0.2) is 48.5 Å². The maximum atomic E-state index is 13.2. The van der Waals surface area contributed by atoms with Crippen LogP contribution in [0.2, 0.25) is 0 Å². The molecule has 2 N–H and O–H groups in total. The van der Waals surface area contributed by atoms with Crippen LogP contribution >= 0.6 is 0 Å². The van der Waals surface area contributed by atoms with Crippen molar-refractivity contribution in [1.29, 1.82) is 0 Å². The normalized spacial score (nSPS) is 16.4. The van der Waals surface area contributed by atoms with Gasteiger partial charge < -0.3 is 15.5 Å². The smallest absolute Gasteiger partial charge is 0.319 e. The van der Waals surface area contributed by atoms with Crippen molar-refractivity contribution >= 4 is 28.4 Å². The second kappa shape index (κ2) is 7.94. The highest BCUT2D eigenvalue weighted by Gasteiger charge is 2.27. The molecule has 1 fully saturated rings. The molecule has 9 heteroatoms. The van der Waals surface area contributed by atoms with Gasteiger partial charge in [-0.3, -0.25) is 0 Å². The molecule has 2 aromatic carbocycles. The summed E-state index contributed by atoms with van der Waals surface area (Å²) >= 11 is 0. The van der Waals surface area contributed by atoms with Crippen LogP contribution in [0, 0.1) is 5.82 Å². The molecular weight excluding hydrogens is 383 g/mol. The Balaban J connectivity index is 1.47. The third kappa shape index (κ3) is 4.23. The molecule has 150 valence electrons. The summed E-state index contributed by atoms with van der Waals surface area (Å²) in [6.07, 6.45) is -2.13. The van der Waals surface area contributed by atoms with E-state index in [0.717, 1.165) is 0 Å². The summed E-state index contributed by atoms with van der Waals surface area (Å²) in [7, 11) is 0. The Bertz CT molecular complexity index is 1030. The summed E-state index contributed by atoms with van der Waals surface area (Å²) in [6.45, 7) is 0.992. The van der Waals surface area contributed by atoms with E-state index in [-0.39, 0.29) is 11.9 Å². The number of urea groups is 1. The first kappa shape index (κ1) is 19.0. The minimum atomic E-state index is -2.77. The van der Waals surface area contributed by atoms with Gasteiger partial charge in [0.25, 0.3) is 6.43 Å². The van der Waals surface area contributed by atoms with Crippen LogP contribution in [-0.4, -0.2) is 35.1 Å². The molecule has 1 aliphatic rings. The van der Waals surface area contributed by atoms with Gasteiger partial charge in [-0.15, -0.1) is 0 Å². The van der Waals surface area contributed by atoms with Gasteiger partial charge in [-0.05, 0) is 42.8 Å². The number of fused-ring (bicyclic) bond motifs is 1. The van der Waals surface area contributed by atoms with Gasteiger partial charge in [0.2, 0.25) is 0 Å². The number of aromatic nitrogens is 2. The number of carbonyl (C=O) groups is 1. The number of hydrogen-bond donors (Lipinski definition) is 2. The van der Waals surface area contributed by atoms with E-state index in [9.17, 15) is 18.0 Å². The van der Waals surface area contributed by atoms with E-state index in [4.69, 9.17) is 0 Å². The molecule has 29 heavy (non-hydrogen) atoms. The molecule has 0 aliphatic carbocycles. The van der Waals surface area contributed by atoms with E-state index in [1.807, 2.05) is 4.90 Å². The van der Waals surface area contributed by atoms with E-state index < -0.39 is 18.3 Å². The number of benzene rings is 2. The lowest BCUT2D eigenvalue weighted by atomic mass is 10.2. The number of para-hydroxylation sites is 1. The minimum Gasteiger partial charge on any atom is -0.354 e. The molecule has 2 heterocycles. The average Bonchev–Trinajstić information content (AvgIpc) is 3.17. The Kier molecular flexibility index (Phi) is 5.20. The van der Waals surface area contributed by atoms with Crippen LogP contribution in [0.4, 0.5) is 29.5 Å². The molecule has 0 radical (unpaired) electrons. The SMILES string of the molecule is O=C(Nc1ccc(F)cc1)NC1CCN(c2nc(C(F)F)nc3ccccc23)C1. The molecule has 6 nitrogen and oxygen atoms in total. The van der Waals surface area contributed by atoms with Gasteiger partial charge in [-0.2, -0.15) is 0 Å². The molecule has 2 amide bonds. The third-order valence-corrected chi connectivity index (χ3v) is 4.72. The Labute approximate surface area is 164 Å². The summed E-state index contributed by atoms with van der Waals surface area (Å²) in [5, 5.41) is 6.18. The van der Waals surface area contributed by atoms with Crippen molar-refractivity contribution in [2.45, 2.75) is 18.9 Å². The van der Waals surface area contributed by atoms with Crippen LogP contribution in [0.3, 0.4) is 0 Å². The molecule has 1 atom stereocenters. The summed E-state index contributed by atoms with van der Waals surface area (Å²) in [5.74, 6) is -0.457. The summed E-state index contributed by atoms with van der Waals surface area (Å²) in [6, 6.07) is 11.9. The van der Waals surface area contributed by atoms with E-state index in [1.54, 1.807) is 24.3 Å². The lowest BCUT2D eigenvalue weighted by Crippen LogP contribution is -2.39. The average molecular weight is 401 g/mol. The molecule has 3 aromatic rings. The third-order valence-electron chi connectivity index (χ3n) is 4.72. The van der Waals surface area contributed by atoms with Crippen molar-refractivity contribution < 1.29 is 18.0 Å². The second-order valence-electron chi connectivity index (χ2n) is 6.76. The fourth-order valence-electron chi connectivity index (χ4n) is 3.37. The fourth-order valence-corrected chi connectivity index (χ4v) is 3.37. The first-order valence-corrected chi connectivity index (χ1v) is 9.12. The summed E-state index contributed by atoms with van der Waals surface area (Å²) < 4.78 is 39.4. The Morgan fingerprint density at radius 1 is 1.10 bits per heavy atom. The van der Waals surface area contributed by atoms with Crippen LogP contribution in [0.5, 0.6) is 0 Å². The van der Waals surface area contributed by atoms with Gasteiger partial charge in [-0.1, -0.05) is 12.1 Å². The van der Waals surface area contributed by atoms with Gasteiger partial charge in [0.15, 0.2) is 5.82 Å². The zero-order valence-corrected chi connectivity index (χ0v) is 15.3. The molecule has 1 aliphatic heterocycles. The van der Waals surface area contributed by atoms with Crippen LogP contribution in [0.25, 0.3) is 10.9 Å². The van der Waals surface area contributed by atoms with E-state index >= 15 is 0 Å². The van der Waals surface area contributed by atoms with Crippen LogP contribution in [-0.2, 0) is 0 Å². The number of amides is 2. The van der Waals surface area contributed by atoms with Crippen molar-refractivity contribution in [3.63, 3.8) is 0 Å². The fraction of sp³-hybridized carbons (Fsp3) is 0.250. The number of nitrogens with zero attached hydrogens (tertiary/aromatic N) is 3. The molecule has 1 saturated heterocycles. The first-order valence-electron chi connectivity index (χ1n) is 9.12. The van der Waals surface area contributed by atoms with Crippen molar-refractivity contribution in [3.05, 3.63) is 60.2 Å². The summed E-state index contributed by atoms with van der Waals surface area (Å²) in [4.78, 5) is 22.1. The van der Waals surface area contributed by atoms with Crippen molar-refractivity contribution in [2.75, 3.05) is 23.3 Å². The number of halogens is 3. The highest BCUT2D eigenvalue weighted by Crippen LogP contribution is 2.29. The predicted molar refractivity (Wildman–Crippen MR) is 104 cm³/mol. The molecule has 1 aromatic heterocycles. The lowest BCUT2D eigenvalue weighted by molar-refractivity contribution is 0.141. The molecule has 0 saturated carbocycles. The lowest BCUT2D eigenvalue weighted by Gasteiger charge is -2.20. The summed E-state index contributed by atoms with van der Waals surface area (Å²) in [5.41, 5.74) is 0.931. The van der Waals surface area contributed by atoms with Crippen LogP contribution < -0.4 is 15.5 Å². The van der Waals surface area contributed by atoms with Crippen molar-refractivity contribution in [1.82, 2.24) is 15.3 Å². The number of hydrogen-bond acceptors (Lipinski definition) is 4. The zero-order chi connectivity index (χ0) is 20.4. The number of rotatable bonds is 4. The quantitative estimate of drug-likeness (QED) is 0.690. The van der Waals surface area contributed by atoms with Crippen molar-refractivity contribution in [2.24, 2.45) is 0 Å². The monoisotopic (exact) mass is 401 g/mol. The number of nitrogens with one attached hydrogen (secondary N) is 2. The number of anilines is 2. The maximum Gasteiger partial charge on any atom is 0.319 e. The maximum absolute atomic E-state index is 13.2. The van der Waals surface area contributed by atoms with Gasteiger partial charge in [0.1, 0.15) is 11.6 Å². The van der Waals surface area contributed by atoms with Gasteiger partial charge in [0, 0.05) is 30.2 Å². The Morgan fingerprint density at radius 3 is 2.62 bits per heavy atom. The van der Waals surface area contributed by atoms with Gasteiger partial charge >= 0.3 is 6.03 Å². The van der Waals surface area contributed by atoms with E-state index in [0.29, 0.717) is 41.9 Å².